The molecule has 2 heteroatoms. The first-order valence-corrected chi connectivity index (χ1v) is 4.85. The van der Waals surface area contributed by atoms with Crippen molar-refractivity contribution < 1.29 is 0 Å². The zero-order chi connectivity index (χ0) is 6.10. The summed E-state index contributed by atoms with van der Waals surface area (Å²) in [6.07, 6.45) is 4.28. The Balaban J connectivity index is 1.99. The molecule has 0 aromatic heterocycles. The quantitative estimate of drug-likeness (QED) is 0.547. The fraction of sp³-hybridized carbons (Fsp3) is 1.00. The Morgan fingerprint density at radius 1 is 1.44 bits per heavy atom. The van der Waals surface area contributed by atoms with E-state index in [1.807, 2.05) is 0 Å². The van der Waals surface area contributed by atoms with Gasteiger partial charge in [-0.3, -0.25) is 0 Å². The van der Waals surface area contributed by atoms with Crippen molar-refractivity contribution in [2.75, 3.05) is 12.3 Å². The van der Waals surface area contributed by atoms with Gasteiger partial charge in [-0.1, -0.05) is 0 Å². The summed E-state index contributed by atoms with van der Waals surface area (Å²) in [4.78, 5) is 0. The average Bonchev–Trinajstić information content (AvgIpc) is 2.09. The smallest absolute Gasteiger partial charge is 0.0168 e. The predicted octanol–water partition coefficient (Wildman–Crippen LogP) is 1.24. The molecule has 0 aromatic rings. The molecule has 0 spiro atoms. The van der Waals surface area contributed by atoms with Gasteiger partial charge in [0.15, 0.2) is 0 Å². The molecule has 2 unspecified atom stereocenters. The Labute approximate surface area is 60.6 Å². The lowest BCUT2D eigenvalue weighted by molar-refractivity contribution is 0.578. The summed E-state index contributed by atoms with van der Waals surface area (Å²) in [7, 11) is 0. The zero-order valence-corrected chi connectivity index (χ0v) is 6.41. The van der Waals surface area contributed by atoms with Gasteiger partial charge in [0.2, 0.25) is 0 Å². The van der Waals surface area contributed by atoms with E-state index < -0.39 is 0 Å². The molecular formula is C7H13NS. The van der Waals surface area contributed by atoms with Gasteiger partial charge in [0, 0.05) is 17.0 Å². The van der Waals surface area contributed by atoms with Crippen LogP contribution in [0.3, 0.4) is 0 Å². The highest BCUT2D eigenvalue weighted by Crippen LogP contribution is 2.31. The molecule has 2 rings (SSSR count). The second kappa shape index (κ2) is 2.51. The third-order valence-electron chi connectivity index (χ3n) is 2.22. The summed E-state index contributed by atoms with van der Waals surface area (Å²) in [5, 5.41) is 4.56. The molecule has 0 saturated carbocycles. The SMILES string of the molecule is C1CNC2CSC(C1)C2. The normalized spacial score (nSPS) is 42.7. The molecule has 52 valence electrons. The molecule has 2 aliphatic rings. The molecule has 0 radical (unpaired) electrons. The number of rotatable bonds is 0. The van der Waals surface area contributed by atoms with E-state index in [0.717, 1.165) is 11.3 Å². The average molecular weight is 143 g/mol. The highest BCUT2D eigenvalue weighted by atomic mass is 32.2. The molecule has 0 amide bonds. The molecular weight excluding hydrogens is 130 g/mol. The van der Waals surface area contributed by atoms with Gasteiger partial charge in [-0.05, 0) is 25.8 Å². The van der Waals surface area contributed by atoms with Crippen LogP contribution in [0.15, 0.2) is 0 Å². The van der Waals surface area contributed by atoms with Gasteiger partial charge in [-0.15, -0.1) is 0 Å². The van der Waals surface area contributed by atoms with Gasteiger partial charge >= 0.3 is 0 Å². The second-order valence-corrected chi connectivity index (χ2v) is 4.32. The molecule has 0 aliphatic carbocycles. The molecule has 2 aliphatic heterocycles. The van der Waals surface area contributed by atoms with Crippen molar-refractivity contribution >= 4 is 11.8 Å². The van der Waals surface area contributed by atoms with Crippen LogP contribution >= 0.6 is 11.8 Å². The van der Waals surface area contributed by atoms with Crippen LogP contribution in [-0.2, 0) is 0 Å². The maximum absolute atomic E-state index is 3.55. The molecule has 2 fully saturated rings. The number of nitrogens with one attached hydrogen (secondary N) is 1. The summed E-state index contributed by atoms with van der Waals surface area (Å²) in [5.74, 6) is 1.37. The minimum absolute atomic E-state index is 0.863. The number of thioether (sulfide) groups is 1. The summed E-state index contributed by atoms with van der Waals surface area (Å²) in [6.45, 7) is 1.27. The molecule has 2 bridgehead atoms. The second-order valence-electron chi connectivity index (χ2n) is 2.98. The molecule has 9 heavy (non-hydrogen) atoms. The van der Waals surface area contributed by atoms with Gasteiger partial charge in [0.1, 0.15) is 0 Å². The van der Waals surface area contributed by atoms with Gasteiger partial charge in [-0.2, -0.15) is 11.8 Å². The third kappa shape index (κ3) is 1.24. The van der Waals surface area contributed by atoms with E-state index in [9.17, 15) is 0 Å². The Bertz CT molecular complexity index is 93.1. The number of hydrogen-bond acceptors (Lipinski definition) is 2. The van der Waals surface area contributed by atoms with E-state index >= 15 is 0 Å². The summed E-state index contributed by atoms with van der Waals surface area (Å²) >= 11 is 2.16. The molecule has 1 N–H and O–H groups in total. The van der Waals surface area contributed by atoms with Crippen LogP contribution in [-0.4, -0.2) is 23.6 Å². The van der Waals surface area contributed by atoms with E-state index in [-0.39, 0.29) is 0 Å². The van der Waals surface area contributed by atoms with E-state index in [1.165, 1.54) is 31.6 Å². The Morgan fingerprint density at radius 2 is 2.44 bits per heavy atom. The van der Waals surface area contributed by atoms with Crippen molar-refractivity contribution in [3.63, 3.8) is 0 Å². The van der Waals surface area contributed by atoms with E-state index in [4.69, 9.17) is 0 Å². The highest BCUT2D eigenvalue weighted by molar-refractivity contribution is 8.00. The van der Waals surface area contributed by atoms with Crippen molar-refractivity contribution in [2.24, 2.45) is 0 Å². The number of fused-ring (bicyclic) bond motifs is 2. The van der Waals surface area contributed by atoms with E-state index in [1.54, 1.807) is 0 Å². The van der Waals surface area contributed by atoms with Crippen molar-refractivity contribution in [1.29, 1.82) is 0 Å². The Morgan fingerprint density at radius 3 is 3.44 bits per heavy atom. The fourth-order valence-electron chi connectivity index (χ4n) is 1.69. The first kappa shape index (κ1) is 6.05. The van der Waals surface area contributed by atoms with Gasteiger partial charge < -0.3 is 5.32 Å². The van der Waals surface area contributed by atoms with Crippen LogP contribution in [0.2, 0.25) is 0 Å². The minimum Gasteiger partial charge on any atom is -0.313 e. The van der Waals surface area contributed by atoms with Crippen LogP contribution in [0.25, 0.3) is 0 Å². The third-order valence-corrected chi connectivity index (χ3v) is 3.71. The highest BCUT2D eigenvalue weighted by Gasteiger charge is 2.26. The fourth-order valence-corrected chi connectivity index (χ4v) is 3.15. The lowest BCUT2D eigenvalue weighted by Gasteiger charge is -2.08. The van der Waals surface area contributed by atoms with Gasteiger partial charge in [0.05, 0.1) is 0 Å². The summed E-state index contributed by atoms with van der Waals surface area (Å²) in [5.41, 5.74) is 0. The van der Waals surface area contributed by atoms with Crippen LogP contribution < -0.4 is 5.32 Å². The Kier molecular flexibility index (Phi) is 1.68. The minimum atomic E-state index is 0.863. The lowest BCUT2D eigenvalue weighted by Crippen LogP contribution is -2.28. The first-order chi connectivity index (χ1) is 4.45. The van der Waals surface area contributed by atoms with Crippen molar-refractivity contribution in [3.8, 4) is 0 Å². The van der Waals surface area contributed by atoms with Crippen LogP contribution in [0, 0.1) is 0 Å². The van der Waals surface area contributed by atoms with Crippen LogP contribution in [0.1, 0.15) is 19.3 Å². The van der Waals surface area contributed by atoms with Crippen molar-refractivity contribution in [1.82, 2.24) is 5.32 Å². The van der Waals surface area contributed by atoms with Gasteiger partial charge in [-0.25, -0.2) is 0 Å². The monoisotopic (exact) mass is 143 g/mol. The molecule has 2 heterocycles. The lowest BCUT2D eigenvalue weighted by atomic mass is 10.1. The topological polar surface area (TPSA) is 12.0 Å². The Hall–Kier alpha value is 0.310. The zero-order valence-electron chi connectivity index (χ0n) is 5.60. The molecule has 0 aromatic carbocycles. The molecule has 2 saturated heterocycles. The van der Waals surface area contributed by atoms with Crippen molar-refractivity contribution in [2.45, 2.75) is 30.6 Å². The molecule has 2 atom stereocenters. The van der Waals surface area contributed by atoms with Gasteiger partial charge in [0.25, 0.3) is 0 Å². The van der Waals surface area contributed by atoms with Crippen molar-refractivity contribution in [3.05, 3.63) is 0 Å². The van der Waals surface area contributed by atoms with Crippen LogP contribution in [0.5, 0.6) is 0 Å². The number of hydrogen-bond donors (Lipinski definition) is 1. The molecule has 1 nitrogen and oxygen atoms in total. The largest absolute Gasteiger partial charge is 0.313 e. The standard InChI is InChI=1S/C7H13NS/c1-2-7-4-6(5-9-7)8-3-1/h6-8H,1-5H2. The predicted molar refractivity (Wildman–Crippen MR) is 41.9 cm³/mol. The van der Waals surface area contributed by atoms with E-state index in [2.05, 4.69) is 17.1 Å². The van der Waals surface area contributed by atoms with E-state index in [0.29, 0.717) is 0 Å². The summed E-state index contributed by atoms with van der Waals surface area (Å²) < 4.78 is 0. The maximum Gasteiger partial charge on any atom is 0.0168 e. The first-order valence-electron chi connectivity index (χ1n) is 3.80. The maximum atomic E-state index is 3.55. The van der Waals surface area contributed by atoms with Crippen LogP contribution in [0.4, 0.5) is 0 Å². The summed E-state index contributed by atoms with van der Waals surface area (Å²) in [6, 6.07) is 0.863.